The summed E-state index contributed by atoms with van der Waals surface area (Å²) in [6.07, 6.45) is 4.64. The van der Waals surface area contributed by atoms with E-state index in [1.807, 2.05) is 54.4 Å². The summed E-state index contributed by atoms with van der Waals surface area (Å²) < 4.78 is 18.8. The van der Waals surface area contributed by atoms with Crippen LogP contribution in [0.2, 0.25) is 5.02 Å². The number of methoxy groups -OCH3 is 1. The van der Waals surface area contributed by atoms with E-state index in [1.54, 1.807) is 38.8 Å². The highest BCUT2D eigenvalue weighted by molar-refractivity contribution is 8.00. The van der Waals surface area contributed by atoms with E-state index in [2.05, 4.69) is 21.3 Å². The average molecular weight is 829 g/mol. The van der Waals surface area contributed by atoms with Crippen LogP contribution in [0.3, 0.4) is 0 Å². The van der Waals surface area contributed by atoms with Crippen LogP contribution in [0.4, 0.5) is 5.69 Å². The van der Waals surface area contributed by atoms with Crippen molar-refractivity contribution >= 4 is 65.1 Å². The van der Waals surface area contributed by atoms with Gasteiger partial charge in [0.25, 0.3) is 5.91 Å². The first-order valence-corrected chi connectivity index (χ1v) is 23.0. The van der Waals surface area contributed by atoms with Crippen molar-refractivity contribution in [2.75, 3.05) is 51.2 Å². The molecule has 57 heavy (non-hydrogen) atoms. The molecule has 0 spiro atoms. The predicted molar refractivity (Wildman–Crippen MR) is 222 cm³/mol. The molecule has 1 aromatic heterocycles. The number of fused-ring (bicyclic) bond motifs is 1. The van der Waals surface area contributed by atoms with Gasteiger partial charge in [-0.3, -0.25) is 24.5 Å². The molecule has 0 bridgehead atoms. The van der Waals surface area contributed by atoms with Crippen LogP contribution in [-0.4, -0.2) is 102 Å². The number of nitrogens with one attached hydrogen (secondary N) is 1. The summed E-state index contributed by atoms with van der Waals surface area (Å²) in [7, 11) is 1.03. The molecule has 1 N–H and O–H groups in total. The SMILES string of the molecule is COc1cc(N2CCC(N(C)C(=O)CSc3cccc4c3CN(C3CCC(=O)NC3=O)C4=O)CC2)ccc1Cc1ncc(Cl)c(Cc2ccccc2P(C)(C)=O)n1. The van der Waals surface area contributed by atoms with E-state index >= 15 is 0 Å². The number of aromatic nitrogens is 2. The zero-order valence-corrected chi connectivity index (χ0v) is 35.0. The Balaban J connectivity index is 0.938. The van der Waals surface area contributed by atoms with Crippen molar-refractivity contribution in [1.82, 2.24) is 25.1 Å². The Labute approximate surface area is 342 Å². The van der Waals surface area contributed by atoms with E-state index in [1.165, 1.54) is 16.7 Å². The standard InChI is InChI=1S/C42H46ClN6O6PS/c1-47(40(51)25-57-37-11-7-9-30-31(37)24-49(42(30)53)34-14-15-39(50)46-41(34)52)28-16-18-48(19-17-28)29-13-12-26(35(22-29)55-2)21-38-44-23-32(43)33(45-38)20-27-8-5-6-10-36(27)56(3,4)54/h5-13,22-23,28,34H,14-21,24-25H2,1-4H3,(H,46,50,52). The van der Waals surface area contributed by atoms with E-state index in [9.17, 15) is 23.7 Å². The maximum atomic E-state index is 13.5. The fraction of sp³-hybridized carbons (Fsp3) is 0.381. The van der Waals surface area contributed by atoms with Crippen molar-refractivity contribution in [3.05, 3.63) is 106 Å². The number of carbonyl (C=O) groups is 4. The van der Waals surface area contributed by atoms with Gasteiger partial charge < -0.3 is 24.0 Å². The number of imide groups is 1. The highest BCUT2D eigenvalue weighted by Gasteiger charge is 2.40. The van der Waals surface area contributed by atoms with Crippen molar-refractivity contribution in [2.24, 2.45) is 0 Å². The van der Waals surface area contributed by atoms with Crippen LogP contribution >= 0.6 is 30.5 Å². The minimum atomic E-state index is -2.49. The largest absolute Gasteiger partial charge is 0.496 e. The van der Waals surface area contributed by atoms with Gasteiger partial charge in [0.05, 0.1) is 23.6 Å². The second kappa shape index (κ2) is 17.0. The Morgan fingerprint density at radius 1 is 1.02 bits per heavy atom. The molecule has 1 atom stereocenters. The normalized spacial score (nSPS) is 17.4. The first-order valence-electron chi connectivity index (χ1n) is 19.0. The van der Waals surface area contributed by atoms with Gasteiger partial charge in [0.2, 0.25) is 17.7 Å². The fourth-order valence-corrected chi connectivity index (χ4v) is 10.4. The van der Waals surface area contributed by atoms with E-state index < -0.39 is 19.1 Å². The lowest BCUT2D eigenvalue weighted by atomic mass is 10.0. The number of piperidine rings is 2. The number of thioether (sulfide) groups is 1. The third-order valence-corrected chi connectivity index (χ3v) is 14.1. The molecule has 15 heteroatoms. The van der Waals surface area contributed by atoms with Crippen molar-refractivity contribution < 1.29 is 28.5 Å². The van der Waals surface area contributed by atoms with E-state index in [0.717, 1.165) is 64.3 Å². The Morgan fingerprint density at radius 3 is 2.53 bits per heavy atom. The summed E-state index contributed by atoms with van der Waals surface area (Å²) in [5.74, 6) is 0.594. The van der Waals surface area contributed by atoms with Crippen LogP contribution in [0.1, 0.15) is 64.2 Å². The van der Waals surface area contributed by atoms with Gasteiger partial charge in [0, 0.05) is 91.3 Å². The molecule has 2 saturated heterocycles. The quantitative estimate of drug-likeness (QED) is 0.110. The third kappa shape index (κ3) is 8.91. The smallest absolute Gasteiger partial charge is 0.255 e. The summed E-state index contributed by atoms with van der Waals surface area (Å²) >= 11 is 7.96. The number of nitrogens with zero attached hydrogens (tertiary/aromatic N) is 5. The molecule has 4 heterocycles. The van der Waals surface area contributed by atoms with Gasteiger partial charge in [0.1, 0.15) is 24.8 Å². The molecule has 7 rings (SSSR count). The monoisotopic (exact) mass is 828 g/mol. The molecular formula is C42H46ClN6O6PS. The van der Waals surface area contributed by atoms with Crippen molar-refractivity contribution in [1.29, 1.82) is 0 Å². The van der Waals surface area contributed by atoms with E-state index in [4.69, 9.17) is 21.3 Å². The minimum absolute atomic E-state index is 0.0148. The van der Waals surface area contributed by atoms with Gasteiger partial charge in [-0.25, -0.2) is 9.97 Å². The molecule has 0 saturated carbocycles. The van der Waals surface area contributed by atoms with Gasteiger partial charge in [-0.2, -0.15) is 0 Å². The second-order valence-electron chi connectivity index (χ2n) is 15.1. The number of rotatable bonds is 12. The highest BCUT2D eigenvalue weighted by atomic mass is 35.5. The van der Waals surface area contributed by atoms with E-state index in [-0.39, 0.29) is 42.5 Å². The van der Waals surface area contributed by atoms with Gasteiger partial charge in [-0.05, 0) is 61.9 Å². The second-order valence-corrected chi connectivity index (χ2v) is 19.7. The first-order chi connectivity index (χ1) is 27.3. The number of carbonyl (C=O) groups excluding carboxylic acids is 4. The molecule has 2 fully saturated rings. The summed E-state index contributed by atoms with van der Waals surface area (Å²) in [5.41, 5.74) is 4.95. The number of hydrogen-bond acceptors (Lipinski definition) is 10. The third-order valence-electron chi connectivity index (χ3n) is 11.1. The molecule has 0 aliphatic carbocycles. The molecule has 3 aliphatic heterocycles. The summed E-state index contributed by atoms with van der Waals surface area (Å²) in [6, 6.07) is 18.8. The van der Waals surface area contributed by atoms with Crippen LogP contribution in [0, 0.1) is 0 Å². The number of hydrogen-bond donors (Lipinski definition) is 1. The maximum Gasteiger partial charge on any atom is 0.255 e. The Bertz CT molecular complexity index is 2280. The summed E-state index contributed by atoms with van der Waals surface area (Å²) in [4.78, 5) is 66.7. The Kier molecular flexibility index (Phi) is 12.1. The number of amides is 4. The minimum Gasteiger partial charge on any atom is -0.496 e. The van der Waals surface area contributed by atoms with Gasteiger partial charge in [-0.15, -0.1) is 11.8 Å². The number of benzene rings is 3. The highest BCUT2D eigenvalue weighted by Crippen LogP contribution is 2.37. The molecular weight excluding hydrogens is 783 g/mol. The van der Waals surface area contributed by atoms with Crippen LogP contribution in [-0.2, 0) is 38.3 Å². The lowest BCUT2D eigenvalue weighted by Gasteiger charge is -2.38. The van der Waals surface area contributed by atoms with Crippen LogP contribution in [0.5, 0.6) is 5.75 Å². The topological polar surface area (TPSA) is 142 Å². The van der Waals surface area contributed by atoms with Crippen molar-refractivity contribution in [3.63, 3.8) is 0 Å². The van der Waals surface area contributed by atoms with E-state index in [0.29, 0.717) is 41.4 Å². The van der Waals surface area contributed by atoms with Crippen LogP contribution in [0.15, 0.2) is 71.8 Å². The molecule has 3 aliphatic rings. The zero-order chi connectivity index (χ0) is 40.4. The molecule has 3 aromatic carbocycles. The van der Waals surface area contributed by atoms with Gasteiger partial charge in [0.15, 0.2) is 0 Å². The van der Waals surface area contributed by atoms with Gasteiger partial charge in [-0.1, -0.05) is 48.0 Å². The molecule has 12 nitrogen and oxygen atoms in total. The van der Waals surface area contributed by atoms with Crippen LogP contribution < -0.4 is 20.3 Å². The van der Waals surface area contributed by atoms with Crippen LogP contribution in [0.25, 0.3) is 0 Å². The Hall–Kier alpha value is -4.71. The zero-order valence-electron chi connectivity index (χ0n) is 32.5. The number of ether oxygens (including phenoxy) is 1. The molecule has 298 valence electrons. The Morgan fingerprint density at radius 2 is 1.79 bits per heavy atom. The number of halogens is 1. The summed E-state index contributed by atoms with van der Waals surface area (Å²) in [5, 5.41) is 3.63. The van der Waals surface area contributed by atoms with Gasteiger partial charge >= 0.3 is 0 Å². The predicted octanol–water partition coefficient (Wildman–Crippen LogP) is 5.55. The molecule has 4 amide bonds. The molecule has 4 aromatic rings. The average Bonchev–Trinajstić information content (AvgIpc) is 3.54. The molecule has 0 radical (unpaired) electrons. The lowest BCUT2D eigenvalue weighted by Crippen LogP contribution is -2.52. The number of anilines is 1. The first kappa shape index (κ1) is 40.5. The summed E-state index contributed by atoms with van der Waals surface area (Å²) in [6.45, 7) is 5.35. The van der Waals surface area contributed by atoms with Crippen molar-refractivity contribution in [2.45, 2.75) is 62.0 Å². The maximum absolute atomic E-state index is 13.5. The lowest BCUT2D eigenvalue weighted by molar-refractivity contribution is -0.137. The molecule has 1 unspecified atom stereocenters. The van der Waals surface area contributed by atoms with Crippen molar-refractivity contribution in [3.8, 4) is 5.75 Å². The fourth-order valence-electron chi connectivity index (χ4n) is 7.91.